The molecule has 1 unspecified atom stereocenters. The van der Waals surface area contributed by atoms with Gasteiger partial charge in [-0.2, -0.15) is 0 Å². The molecule has 0 radical (unpaired) electrons. The van der Waals surface area contributed by atoms with Crippen molar-refractivity contribution < 1.29 is 24.2 Å². The van der Waals surface area contributed by atoms with E-state index >= 15 is 0 Å². The summed E-state index contributed by atoms with van der Waals surface area (Å²) < 4.78 is 10.1. The topological polar surface area (TPSA) is 84.9 Å². The third-order valence-electron chi connectivity index (χ3n) is 2.61. The van der Waals surface area contributed by atoms with Crippen LogP contribution in [-0.4, -0.2) is 35.4 Å². The van der Waals surface area contributed by atoms with E-state index in [-0.39, 0.29) is 18.8 Å². The molecule has 122 valence electrons. The number of hydrogen-bond donors (Lipinski definition) is 2. The molecule has 0 spiro atoms. The van der Waals surface area contributed by atoms with Gasteiger partial charge in [0.2, 0.25) is 0 Å². The van der Waals surface area contributed by atoms with Gasteiger partial charge in [-0.1, -0.05) is 12.1 Å². The van der Waals surface area contributed by atoms with Gasteiger partial charge in [0.25, 0.3) is 0 Å². The highest BCUT2D eigenvalue weighted by atomic mass is 16.6. The van der Waals surface area contributed by atoms with Crippen LogP contribution >= 0.6 is 0 Å². The summed E-state index contributed by atoms with van der Waals surface area (Å²) in [6.45, 7) is 7.12. The standard InChI is InChI=1S/C16H23NO5/c1-5-21-14(19)13(17-15(20)22-16(2,3)4)10-11-7-6-8-12(18)9-11/h6-9,13,18H,5,10H2,1-4H3,(H,17,20). The molecule has 0 aliphatic rings. The Bertz CT molecular complexity index is 522. The predicted molar refractivity (Wildman–Crippen MR) is 81.6 cm³/mol. The molecule has 22 heavy (non-hydrogen) atoms. The van der Waals surface area contributed by atoms with Gasteiger partial charge in [-0.15, -0.1) is 0 Å². The van der Waals surface area contributed by atoms with E-state index in [1.165, 1.54) is 12.1 Å². The molecular formula is C16H23NO5. The van der Waals surface area contributed by atoms with Gasteiger partial charge in [0.1, 0.15) is 17.4 Å². The molecule has 0 saturated heterocycles. The zero-order valence-corrected chi connectivity index (χ0v) is 13.4. The van der Waals surface area contributed by atoms with E-state index in [2.05, 4.69) is 5.32 Å². The summed E-state index contributed by atoms with van der Waals surface area (Å²) in [5.41, 5.74) is 0.0445. The number of aromatic hydroxyl groups is 1. The molecule has 0 aromatic heterocycles. The summed E-state index contributed by atoms with van der Waals surface area (Å²) >= 11 is 0. The van der Waals surface area contributed by atoms with Crippen LogP contribution < -0.4 is 5.32 Å². The van der Waals surface area contributed by atoms with Crippen molar-refractivity contribution in [3.05, 3.63) is 29.8 Å². The first-order valence-corrected chi connectivity index (χ1v) is 7.15. The summed E-state index contributed by atoms with van der Waals surface area (Å²) in [4.78, 5) is 23.8. The molecule has 6 nitrogen and oxygen atoms in total. The largest absolute Gasteiger partial charge is 0.508 e. The maximum absolute atomic E-state index is 12.0. The van der Waals surface area contributed by atoms with Gasteiger partial charge in [-0.25, -0.2) is 9.59 Å². The molecule has 6 heteroatoms. The molecule has 2 N–H and O–H groups in total. The normalized spacial score (nSPS) is 12.4. The van der Waals surface area contributed by atoms with Crippen LogP contribution in [0.5, 0.6) is 5.75 Å². The maximum Gasteiger partial charge on any atom is 0.408 e. The Kier molecular flexibility index (Phi) is 6.22. The monoisotopic (exact) mass is 309 g/mol. The second-order valence-electron chi connectivity index (χ2n) is 5.82. The number of alkyl carbamates (subject to hydrolysis) is 1. The lowest BCUT2D eigenvalue weighted by Crippen LogP contribution is -2.45. The Morgan fingerprint density at radius 3 is 2.55 bits per heavy atom. The maximum atomic E-state index is 12.0. The van der Waals surface area contributed by atoms with Gasteiger partial charge in [0.15, 0.2) is 0 Å². The molecule has 0 aliphatic carbocycles. The quantitative estimate of drug-likeness (QED) is 0.816. The van der Waals surface area contributed by atoms with Gasteiger partial charge < -0.3 is 19.9 Å². The highest BCUT2D eigenvalue weighted by Crippen LogP contribution is 2.14. The Morgan fingerprint density at radius 1 is 1.32 bits per heavy atom. The van der Waals surface area contributed by atoms with Gasteiger partial charge in [-0.3, -0.25) is 0 Å². The van der Waals surface area contributed by atoms with Crippen molar-refractivity contribution in [1.82, 2.24) is 5.32 Å². The van der Waals surface area contributed by atoms with Crippen molar-refractivity contribution in [2.45, 2.75) is 45.8 Å². The number of ether oxygens (including phenoxy) is 2. The van der Waals surface area contributed by atoms with E-state index in [9.17, 15) is 14.7 Å². The number of phenols is 1. The molecule has 1 amide bonds. The Labute approximate surface area is 130 Å². The fourth-order valence-electron chi connectivity index (χ4n) is 1.81. The lowest BCUT2D eigenvalue weighted by Gasteiger charge is -2.23. The van der Waals surface area contributed by atoms with Crippen LogP contribution in [0.3, 0.4) is 0 Å². The number of hydrogen-bond acceptors (Lipinski definition) is 5. The van der Waals surface area contributed by atoms with Gasteiger partial charge >= 0.3 is 12.1 Å². The number of phenolic OH excluding ortho intramolecular Hbond substituents is 1. The van der Waals surface area contributed by atoms with Gasteiger partial charge in [0.05, 0.1) is 6.61 Å². The first kappa shape index (κ1) is 17.8. The molecular weight excluding hydrogens is 286 g/mol. The van der Waals surface area contributed by atoms with E-state index in [4.69, 9.17) is 9.47 Å². The number of esters is 1. The smallest absolute Gasteiger partial charge is 0.408 e. The number of carbonyl (C=O) groups excluding carboxylic acids is 2. The second-order valence-corrected chi connectivity index (χ2v) is 5.82. The number of rotatable bonds is 5. The summed E-state index contributed by atoms with van der Waals surface area (Å²) in [6, 6.07) is 5.60. The van der Waals surface area contributed by atoms with Gasteiger partial charge in [0, 0.05) is 6.42 Å². The van der Waals surface area contributed by atoms with Crippen molar-refractivity contribution in [2.75, 3.05) is 6.61 Å². The molecule has 1 atom stereocenters. The molecule has 1 aromatic rings. The highest BCUT2D eigenvalue weighted by Gasteiger charge is 2.25. The van der Waals surface area contributed by atoms with Crippen molar-refractivity contribution >= 4 is 12.1 Å². The Hall–Kier alpha value is -2.24. The molecule has 0 heterocycles. The number of benzene rings is 1. The molecule has 1 rings (SSSR count). The van der Waals surface area contributed by atoms with Crippen LogP contribution in [0, 0.1) is 0 Å². The second kappa shape index (κ2) is 7.68. The molecule has 0 fully saturated rings. The summed E-state index contributed by atoms with van der Waals surface area (Å²) in [5.74, 6) is -0.450. The number of amides is 1. The Morgan fingerprint density at radius 2 is 2.00 bits per heavy atom. The van der Waals surface area contributed by atoms with Crippen molar-refractivity contribution in [3.63, 3.8) is 0 Å². The molecule has 0 saturated carbocycles. The highest BCUT2D eigenvalue weighted by molar-refractivity contribution is 5.81. The van der Waals surface area contributed by atoms with Crippen LogP contribution in [0.2, 0.25) is 0 Å². The van der Waals surface area contributed by atoms with Crippen LogP contribution in [0.25, 0.3) is 0 Å². The fourth-order valence-corrected chi connectivity index (χ4v) is 1.81. The average Bonchev–Trinajstić information content (AvgIpc) is 2.36. The van der Waals surface area contributed by atoms with Crippen molar-refractivity contribution in [1.29, 1.82) is 0 Å². The van der Waals surface area contributed by atoms with Crippen LogP contribution in [0.15, 0.2) is 24.3 Å². The fraction of sp³-hybridized carbons (Fsp3) is 0.500. The first-order chi connectivity index (χ1) is 10.2. The summed E-state index contributed by atoms with van der Waals surface area (Å²) in [5, 5.41) is 12.0. The van der Waals surface area contributed by atoms with Crippen molar-refractivity contribution in [3.8, 4) is 5.75 Å². The van der Waals surface area contributed by atoms with E-state index in [0.29, 0.717) is 5.56 Å². The summed E-state index contributed by atoms with van der Waals surface area (Å²) in [7, 11) is 0. The predicted octanol–water partition coefficient (Wildman–Crippen LogP) is 2.39. The Balaban J connectivity index is 2.80. The van der Waals surface area contributed by atoms with Gasteiger partial charge in [-0.05, 0) is 45.4 Å². The van der Waals surface area contributed by atoms with E-state index in [0.717, 1.165) is 0 Å². The van der Waals surface area contributed by atoms with E-state index in [1.54, 1.807) is 39.8 Å². The van der Waals surface area contributed by atoms with E-state index < -0.39 is 23.7 Å². The minimum absolute atomic E-state index is 0.0948. The summed E-state index contributed by atoms with van der Waals surface area (Å²) in [6.07, 6.45) is -0.488. The lowest BCUT2D eigenvalue weighted by molar-refractivity contribution is -0.145. The zero-order valence-electron chi connectivity index (χ0n) is 13.4. The average molecular weight is 309 g/mol. The third-order valence-corrected chi connectivity index (χ3v) is 2.61. The van der Waals surface area contributed by atoms with Crippen molar-refractivity contribution in [2.24, 2.45) is 0 Å². The SMILES string of the molecule is CCOC(=O)C(Cc1cccc(O)c1)NC(=O)OC(C)(C)C. The minimum Gasteiger partial charge on any atom is -0.508 e. The molecule has 0 aliphatic heterocycles. The van der Waals surface area contributed by atoms with Crippen LogP contribution in [-0.2, 0) is 20.7 Å². The zero-order chi connectivity index (χ0) is 16.8. The van der Waals surface area contributed by atoms with Crippen LogP contribution in [0.4, 0.5) is 4.79 Å². The molecule has 1 aromatic carbocycles. The lowest BCUT2D eigenvalue weighted by atomic mass is 10.1. The third kappa shape index (κ3) is 6.47. The molecule has 0 bridgehead atoms. The minimum atomic E-state index is -0.878. The van der Waals surface area contributed by atoms with Crippen LogP contribution in [0.1, 0.15) is 33.3 Å². The number of carbonyl (C=O) groups is 2. The number of nitrogens with one attached hydrogen (secondary N) is 1. The van der Waals surface area contributed by atoms with E-state index in [1.807, 2.05) is 0 Å². The first-order valence-electron chi connectivity index (χ1n) is 7.15.